The molecule has 2 aliphatic heterocycles. The predicted molar refractivity (Wildman–Crippen MR) is 67.6 cm³/mol. The molecule has 2 heterocycles. The highest BCUT2D eigenvalue weighted by Crippen LogP contribution is 2.59. The topological polar surface area (TPSA) is 32.3 Å². The minimum Gasteiger partial charge on any atom is -0.342 e. The van der Waals surface area contributed by atoms with E-state index in [9.17, 15) is 4.79 Å². The molecule has 1 saturated carbocycles. The van der Waals surface area contributed by atoms with Gasteiger partial charge >= 0.3 is 0 Å². The molecule has 3 rings (SSSR count). The van der Waals surface area contributed by atoms with Gasteiger partial charge in [0.25, 0.3) is 0 Å². The van der Waals surface area contributed by atoms with E-state index in [1.165, 1.54) is 32.1 Å². The van der Waals surface area contributed by atoms with Crippen LogP contribution >= 0.6 is 0 Å². The molecule has 1 amide bonds. The fraction of sp³-hybridized carbons (Fsp3) is 0.929. The molecular weight excluding hydrogens is 212 g/mol. The smallest absolute Gasteiger partial charge is 0.226 e. The van der Waals surface area contributed by atoms with E-state index in [1.807, 2.05) is 0 Å². The highest BCUT2D eigenvalue weighted by Gasteiger charge is 2.58. The summed E-state index contributed by atoms with van der Waals surface area (Å²) in [5.41, 5.74) is 0.409. The summed E-state index contributed by atoms with van der Waals surface area (Å²) in [7, 11) is 0. The minimum absolute atomic E-state index is 0.375. The minimum atomic E-state index is 0.375. The van der Waals surface area contributed by atoms with E-state index < -0.39 is 0 Å². The van der Waals surface area contributed by atoms with Crippen LogP contribution in [-0.2, 0) is 4.79 Å². The molecule has 0 bridgehead atoms. The summed E-state index contributed by atoms with van der Waals surface area (Å²) >= 11 is 0. The van der Waals surface area contributed by atoms with E-state index in [0.717, 1.165) is 32.1 Å². The summed E-state index contributed by atoms with van der Waals surface area (Å²) in [6.07, 6.45) is 6.05. The van der Waals surface area contributed by atoms with Crippen LogP contribution in [0.2, 0.25) is 0 Å². The van der Waals surface area contributed by atoms with Gasteiger partial charge in [0.05, 0.1) is 0 Å². The van der Waals surface area contributed by atoms with Crippen molar-refractivity contribution in [3.63, 3.8) is 0 Å². The van der Waals surface area contributed by atoms with Crippen molar-refractivity contribution >= 4 is 5.91 Å². The first-order chi connectivity index (χ1) is 8.25. The van der Waals surface area contributed by atoms with Gasteiger partial charge in [0.2, 0.25) is 5.91 Å². The highest BCUT2D eigenvalue weighted by atomic mass is 16.2. The number of likely N-dealkylation sites (tertiary alicyclic amines) is 1. The molecule has 3 aliphatic rings. The van der Waals surface area contributed by atoms with E-state index in [-0.39, 0.29) is 0 Å². The van der Waals surface area contributed by atoms with Crippen LogP contribution in [0.5, 0.6) is 0 Å². The fourth-order valence-corrected chi connectivity index (χ4v) is 3.76. The van der Waals surface area contributed by atoms with Gasteiger partial charge in [0, 0.05) is 19.0 Å². The first-order valence-electron chi connectivity index (χ1n) is 7.25. The summed E-state index contributed by atoms with van der Waals surface area (Å²) in [5, 5.41) is 3.40. The van der Waals surface area contributed by atoms with Gasteiger partial charge in [-0.25, -0.2) is 0 Å². The number of hydrogen-bond acceptors (Lipinski definition) is 2. The first-order valence-corrected chi connectivity index (χ1v) is 7.25. The van der Waals surface area contributed by atoms with Crippen LogP contribution in [0.1, 0.15) is 39.0 Å². The Morgan fingerprint density at radius 2 is 2.18 bits per heavy atom. The number of piperidine rings is 1. The van der Waals surface area contributed by atoms with Crippen LogP contribution in [0.15, 0.2) is 0 Å². The molecule has 3 nitrogen and oxygen atoms in total. The number of carbonyl (C=O) groups is 1. The van der Waals surface area contributed by atoms with Gasteiger partial charge in [-0.15, -0.1) is 0 Å². The Hall–Kier alpha value is -0.570. The van der Waals surface area contributed by atoms with E-state index >= 15 is 0 Å². The van der Waals surface area contributed by atoms with E-state index in [1.54, 1.807) is 0 Å². The van der Waals surface area contributed by atoms with Gasteiger partial charge in [0.15, 0.2) is 0 Å². The maximum atomic E-state index is 12.4. The van der Waals surface area contributed by atoms with Crippen molar-refractivity contribution in [2.24, 2.45) is 17.3 Å². The maximum absolute atomic E-state index is 12.4. The van der Waals surface area contributed by atoms with Gasteiger partial charge < -0.3 is 10.2 Å². The molecule has 2 atom stereocenters. The van der Waals surface area contributed by atoms with Crippen molar-refractivity contribution < 1.29 is 4.79 Å². The maximum Gasteiger partial charge on any atom is 0.226 e. The van der Waals surface area contributed by atoms with Crippen molar-refractivity contribution in [3.8, 4) is 0 Å². The molecular formula is C14H24N2O. The lowest BCUT2D eigenvalue weighted by Crippen LogP contribution is -2.35. The molecule has 2 unspecified atom stereocenters. The summed E-state index contributed by atoms with van der Waals surface area (Å²) in [6, 6.07) is 0. The van der Waals surface area contributed by atoms with Crippen molar-refractivity contribution in [1.29, 1.82) is 0 Å². The largest absolute Gasteiger partial charge is 0.342 e. The van der Waals surface area contributed by atoms with E-state index in [0.29, 0.717) is 17.2 Å². The van der Waals surface area contributed by atoms with Crippen LogP contribution in [0.4, 0.5) is 0 Å². The van der Waals surface area contributed by atoms with E-state index in [4.69, 9.17) is 0 Å². The van der Waals surface area contributed by atoms with Crippen molar-refractivity contribution in [2.45, 2.75) is 39.0 Å². The third-order valence-electron chi connectivity index (χ3n) is 5.26. The SMILES string of the molecule is CCC1CCN(C(=O)C2CC23CCNCC3)C1. The van der Waals surface area contributed by atoms with Crippen LogP contribution in [0.3, 0.4) is 0 Å². The zero-order valence-electron chi connectivity index (χ0n) is 10.9. The average Bonchev–Trinajstić information content (AvgIpc) is 2.86. The highest BCUT2D eigenvalue weighted by molar-refractivity contribution is 5.83. The third kappa shape index (κ3) is 1.99. The second-order valence-electron chi connectivity index (χ2n) is 6.22. The van der Waals surface area contributed by atoms with Crippen LogP contribution < -0.4 is 5.32 Å². The van der Waals surface area contributed by atoms with Gasteiger partial charge in [-0.3, -0.25) is 4.79 Å². The van der Waals surface area contributed by atoms with Gasteiger partial charge in [-0.2, -0.15) is 0 Å². The number of nitrogens with one attached hydrogen (secondary N) is 1. The summed E-state index contributed by atoms with van der Waals surface area (Å²) in [4.78, 5) is 14.6. The number of hydrogen-bond donors (Lipinski definition) is 1. The molecule has 17 heavy (non-hydrogen) atoms. The number of amides is 1. The Morgan fingerprint density at radius 3 is 2.82 bits per heavy atom. The third-order valence-corrected chi connectivity index (χ3v) is 5.26. The Kier molecular flexibility index (Phi) is 2.89. The Morgan fingerprint density at radius 1 is 1.41 bits per heavy atom. The fourth-order valence-electron chi connectivity index (χ4n) is 3.76. The molecule has 96 valence electrons. The van der Waals surface area contributed by atoms with Crippen molar-refractivity contribution in [2.75, 3.05) is 26.2 Å². The quantitative estimate of drug-likeness (QED) is 0.790. The zero-order chi connectivity index (χ0) is 11.9. The summed E-state index contributed by atoms with van der Waals surface area (Å²) < 4.78 is 0. The zero-order valence-corrected chi connectivity index (χ0v) is 10.9. The lowest BCUT2D eigenvalue weighted by molar-refractivity contribution is -0.132. The Labute approximate surface area is 104 Å². The molecule has 0 radical (unpaired) electrons. The number of rotatable bonds is 2. The van der Waals surface area contributed by atoms with E-state index in [2.05, 4.69) is 17.1 Å². The number of nitrogens with zero attached hydrogens (tertiary/aromatic N) is 1. The lowest BCUT2D eigenvalue weighted by atomic mass is 9.91. The normalized spacial score (nSPS) is 35.2. The van der Waals surface area contributed by atoms with Gasteiger partial charge in [0.1, 0.15) is 0 Å². The molecule has 0 aromatic carbocycles. The monoisotopic (exact) mass is 236 g/mol. The Bertz CT molecular complexity index is 309. The summed E-state index contributed by atoms with van der Waals surface area (Å²) in [5.74, 6) is 1.62. The van der Waals surface area contributed by atoms with Gasteiger partial charge in [-0.1, -0.05) is 13.3 Å². The predicted octanol–water partition coefficient (Wildman–Crippen LogP) is 1.63. The van der Waals surface area contributed by atoms with Crippen molar-refractivity contribution in [3.05, 3.63) is 0 Å². The standard InChI is InChI=1S/C14H24N2O/c1-2-11-3-8-16(10-11)13(17)12-9-14(12)4-6-15-7-5-14/h11-12,15H,2-10H2,1H3. The average molecular weight is 236 g/mol. The molecule has 2 saturated heterocycles. The molecule has 1 N–H and O–H groups in total. The van der Waals surface area contributed by atoms with Crippen LogP contribution in [0, 0.1) is 17.3 Å². The van der Waals surface area contributed by atoms with Crippen LogP contribution in [0.25, 0.3) is 0 Å². The molecule has 3 heteroatoms. The number of carbonyl (C=O) groups excluding carboxylic acids is 1. The van der Waals surface area contributed by atoms with Crippen molar-refractivity contribution in [1.82, 2.24) is 10.2 Å². The lowest BCUT2D eigenvalue weighted by Gasteiger charge is -2.25. The molecule has 1 aliphatic carbocycles. The summed E-state index contributed by atoms with van der Waals surface area (Å²) in [6.45, 7) is 6.51. The van der Waals surface area contributed by atoms with Gasteiger partial charge in [-0.05, 0) is 50.1 Å². The second kappa shape index (κ2) is 4.27. The Balaban J connectivity index is 1.58. The molecule has 3 fully saturated rings. The molecule has 1 spiro atoms. The second-order valence-corrected chi connectivity index (χ2v) is 6.22. The van der Waals surface area contributed by atoms with Crippen LogP contribution in [-0.4, -0.2) is 37.0 Å². The first kappa shape index (κ1) is 11.5. The molecule has 0 aromatic heterocycles. The molecule has 0 aromatic rings.